The van der Waals surface area contributed by atoms with Crippen molar-refractivity contribution in [1.29, 1.82) is 0 Å². The number of halogens is 1. The standard InChI is InChI=1S/C21H23FN4OS/c1-13-14(2)28-20(25-13)12-24-21(27)15-6-9-26(10-7-15)19-5-8-23-18-4-3-16(22)11-17(18)19/h3-5,8,11,15H,6-7,9-10,12H2,1-2H3,(H,24,27). The molecule has 2 aromatic heterocycles. The van der Waals surface area contributed by atoms with Crippen molar-refractivity contribution in [3.63, 3.8) is 0 Å². The molecule has 0 aliphatic carbocycles. The van der Waals surface area contributed by atoms with Crippen LogP contribution in [-0.4, -0.2) is 29.0 Å². The van der Waals surface area contributed by atoms with Gasteiger partial charge in [-0.15, -0.1) is 11.3 Å². The van der Waals surface area contributed by atoms with Crippen LogP contribution in [0.2, 0.25) is 0 Å². The molecule has 0 atom stereocenters. The van der Waals surface area contributed by atoms with E-state index in [-0.39, 0.29) is 17.6 Å². The predicted octanol–water partition coefficient (Wildman–Crippen LogP) is 3.98. The van der Waals surface area contributed by atoms with Crippen LogP contribution >= 0.6 is 11.3 Å². The number of benzene rings is 1. The van der Waals surface area contributed by atoms with Gasteiger partial charge in [0, 0.05) is 41.2 Å². The maximum absolute atomic E-state index is 13.7. The molecule has 1 aliphatic heterocycles. The third kappa shape index (κ3) is 3.85. The summed E-state index contributed by atoms with van der Waals surface area (Å²) in [5.74, 6) is -0.164. The van der Waals surface area contributed by atoms with Gasteiger partial charge in [-0.05, 0) is 51.0 Å². The third-order valence-electron chi connectivity index (χ3n) is 5.37. The summed E-state index contributed by atoms with van der Waals surface area (Å²) in [5.41, 5.74) is 2.80. The van der Waals surface area contributed by atoms with Crippen LogP contribution in [-0.2, 0) is 11.3 Å². The minimum Gasteiger partial charge on any atom is -0.371 e. The number of fused-ring (bicyclic) bond motifs is 1. The number of aromatic nitrogens is 2. The van der Waals surface area contributed by atoms with Gasteiger partial charge in [0.1, 0.15) is 10.8 Å². The first-order chi connectivity index (χ1) is 13.5. The third-order valence-corrected chi connectivity index (χ3v) is 6.45. The van der Waals surface area contributed by atoms with Crippen molar-refractivity contribution in [2.24, 2.45) is 5.92 Å². The minimum atomic E-state index is -0.260. The van der Waals surface area contributed by atoms with Gasteiger partial charge < -0.3 is 10.2 Å². The Morgan fingerprint density at radius 1 is 1.29 bits per heavy atom. The van der Waals surface area contributed by atoms with E-state index in [1.54, 1.807) is 23.6 Å². The van der Waals surface area contributed by atoms with Gasteiger partial charge in [-0.2, -0.15) is 0 Å². The first kappa shape index (κ1) is 18.8. The molecule has 1 aromatic carbocycles. The van der Waals surface area contributed by atoms with Crippen LogP contribution in [0, 0.1) is 25.6 Å². The number of nitrogens with one attached hydrogen (secondary N) is 1. The molecule has 0 unspecified atom stereocenters. The summed E-state index contributed by atoms with van der Waals surface area (Å²) in [6.45, 7) is 6.06. The number of nitrogens with zero attached hydrogens (tertiary/aromatic N) is 3. The average molecular weight is 399 g/mol. The molecule has 28 heavy (non-hydrogen) atoms. The highest BCUT2D eigenvalue weighted by Crippen LogP contribution is 2.30. The molecule has 0 saturated carbocycles. The molecule has 0 bridgehead atoms. The fraction of sp³-hybridized carbons (Fsp3) is 0.381. The fourth-order valence-corrected chi connectivity index (χ4v) is 4.56. The van der Waals surface area contributed by atoms with E-state index in [0.29, 0.717) is 6.54 Å². The Hall–Kier alpha value is -2.54. The number of aryl methyl sites for hydroxylation is 2. The maximum Gasteiger partial charge on any atom is 0.223 e. The van der Waals surface area contributed by atoms with E-state index in [2.05, 4.69) is 20.2 Å². The lowest BCUT2D eigenvalue weighted by Gasteiger charge is -2.33. The Morgan fingerprint density at radius 2 is 2.07 bits per heavy atom. The SMILES string of the molecule is Cc1nc(CNC(=O)C2CCN(c3ccnc4ccc(F)cc34)CC2)sc1C. The smallest absolute Gasteiger partial charge is 0.223 e. The van der Waals surface area contributed by atoms with Crippen LogP contribution in [0.4, 0.5) is 10.1 Å². The Balaban J connectivity index is 1.38. The van der Waals surface area contributed by atoms with E-state index in [0.717, 1.165) is 53.2 Å². The van der Waals surface area contributed by atoms with Crippen LogP contribution in [0.3, 0.4) is 0 Å². The molecule has 3 aromatic rings. The summed E-state index contributed by atoms with van der Waals surface area (Å²) < 4.78 is 13.7. The summed E-state index contributed by atoms with van der Waals surface area (Å²) in [7, 11) is 0. The predicted molar refractivity (Wildman–Crippen MR) is 110 cm³/mol. The number of anilines is 1. The number of rotatable bonds is 4. The Morgan fingerprint density at radius 3 is 2.79 bits per heavy atom. The summed E-state index contributed by atoms with van der Waals surface area (Å²) in [4.78, 5) is 24.8. The molecule has 1 fully saturated rings. The molecular weight excluding hydrogens is 375 g/mol. The van der Waals surface area contributed by atoms with Gasteiger partial charge in [0.15, 0.2) is 0 Å². The van der Waals surface area contributed by atoms with E-state index >= 15 is 0 Å². The lowest BCUT2D eigenvalue weighted by Crippen LogP contribution is -2.40. The molecule has 0 spiro atoms. The Labute approximate surface area is 167 Å². The zero-order chi connectivity index (χ0) is 19.7. The van der Waals surface area contributed by atoms with Crippen LogP contribution in [0.1, 0.15) is 28.4 Å². The molecule has 5 nitrogen and oxygen atoms in total. The lowest BCUT2D eigenvalue weighted by molar-refractivity contribution is -0.125. The molecular formula is C21H23FN4OS. The van der Waals surface area contributed by atoms with Gasteiger partial charge in [-0.1, -0.05) is 0 Å². The van der Waals surface area contributed by atoms with E-state index in [9.17, 15) is 9.18 Å². The monoisotopic (exact) mass is 398 g/mol. The summed E-state index contributed by atoms with van der Waals surface area (Å²) in [6.07, 6.45) is 3.31. The highest BCUT2D eigenvalue weighted by molar-refractivity contribution is 7.11. The molecule has 7 heteroatoms. The van der Waals surface area contributed by atoms with Gasteiger partial charge in [0.2, 0.25) is 5.91 Å². The van der Waals surface area contributed by atoms with Crippen molar-refractivity contribution in [3.05, 3.63) is 51.9 Å². The van der Waals surface area contributed by atoms with Crippen molar-refractivity contribution in [3.8, 4) is 0 Å². The molecule has 1 N–H and O–H groups in total. The van der Waals surface area contributed by atoms with E-state index < -0.39 is 0 Å². The van der Waals surface area contributed by atoms with Crippen LogP contribution in [0.5, 0.6) is 0 Å². The largest absolute Gasteiger partial charge is 0.371 e. The highest BCUT2D eigenvalue weighted by atomic mass is 32.1. The number of carbonyl (C=O) groups is 1. The molecule has 1 amide bonds. The molecule has 146 valence electrons. The molecule has 3 heterocycles. The quantitative estimate of drug-likeness (QED) is 0.722. The second kappa shape index (κ2) is 7.83. The Bertz CT molecular complexity index is 991. The number of pyridine rings is 1. The topological polar surface area (TPSA) is 58.1 Å². The normalized spacial score (nSPS) is 15.2. The molecule has 0 radical (unpaired) electrons. The van der Waals surface area contributed by atoms with E-state index in [1.165, 1.54) is 17.0 Å². The van der Waals surface area contributed by atoms with Crippen LogP contribution in [0.15, 0.2) is 30.5 Å². The summed E-state index contributed by atoms with van der Waals surface area (Å²) >= 11 is 1.63. The second-order valence-corrected chi connectivity index (χ2v) is 8.51. The van der Waals surface area contributed by atoms with Crippen LogP contribution in [0.25, 0.3) is 10.9 Å². The number of carbonyl (C=O) groups excluding carboxylic acids is 1. The van der Waals surface area contributed by atoms with E-state index in [1.807, 2.05) is 19.9 Å². The first-order valence-corrected chi connectivity index (χ1v) is 10.3. The zero-order valence-corrected chi connectivity index (χ0v) is 16.9. The molecule has 1 aliphatic rings. The van der Waals surface area contributed by atoms with Gasteiger partial charge in [0.05, 0.1) is 17.8 Å². The van der Waals surface area contributed by atoms with Gasteiger partial charge >= 0.3 is 0 Å². The number of hydrogen-bond donors (Lipinski definition) is 1. The van der Waals surface area contributed by atoms with Crippen molar-refractivity contribution in [2.45, 2.75) is 33.2 Å². The molecule has 1 saturated heterocycles. The summed E-state index contributed by atoms with van der Waals surface area (Å²) in [5, 5.41) is 4.80. The number of thiazole rings is 1. The van der Waals surface area contributed by atoms with Crippen LogP contribution < -0.4 is 10.2 Å². The van der Waals surface area contributed by atoms with Crippen molar-refractivity contribution in [2.75, 3.05) is 18.0 Å². The summed E-state index contributed by atoms with van der Waals surface area (Å²) in [6, 6.07) is 6.60. The lowest BCUT2D eigenvalue weighted by atomic mass is 9.95. The van der Waals surface area contributed by atoms with Gasteiger partial charge in [-0.3, -0.25) is 9.78 Å². The van der Waals surface area contributed by atoms with Crippen molar-refractivity contribution >= 4 is 33.8 Å². The minimum absolute atomic E-state index is 0.00300. The van der Waals surface area contributed by atoms with Gasteiger partial charge in [0.25, 0.3) is 0 Å². The number of hydrogen-bond acceptors (Lipinski definition) is 5. The van der Waals surface area contributed by atoms with E-state index in [4.69, 9.17) is 0 Å². The molecule has 4 rings (SSSR count). The zero-order valence-electron chi connectivity index (χ0n) is 16.0. The van der Waals surface area contributed by atoms with Crippen molar-refractivity contribution < 1.29 is 9.18 Å². The maximum atomic E-state index is 13.7. The fourth-order valence-electron chi connectivity index (χ4n) is 3.68. The second-order valence-electron chi connectivity index (χ2n) is 7.22. The highest BCUT2D eigenvalue weighted by Gasteiger charge is 2.26. The first-order valence-electron chi connectivity index (χ1n) is 9.51. The average Bonchev–Trinajstić information content (AvgIpc) is 3.03. The van der Waals surface area contributed by atoms with Gasteiger partial charge in [-0.25, -0.2) is 9.37 Å². The Kier molecular flexibility index (Phi) is 5.26. The van der Waals surface area contributed by atoms with Crippen molar-refractivity contribution in [1.82, 2.24) is 15.3 Å². The number of piperidine rings is 1. The number of amides is 1.